The van der Waals surface area contributed by atoms with Crippen molar-refractivity contribution >= 4 is 43.7 Å². The topological polar surface area (TPSA) is 31.0 Å². The first kappa shape index (κ1) is 26.3. The standard InChI is InChI=1S/C44H30N2O/c1-44(2)38-25-42-36(22-34(38)33-18-9-17-31(43(33)44)28-12-8-11-27(21-28)29-13-10-20-45-26-29)37-23-40-35(24-41(37)47-42)32-16-6-7-19-39(32)46(40)30-14-4-3-5-15-30/h3-26H,1-2H3. The molecular weight excluding hydrogens is 572 g/mol. The van der Waals surface area contributed by atoms with Crippen molar-refractivity contribution < 1.29 is 4.42 Å². The number of pyridine rings is 1. The van der Waals surface area contributed by atoms with E-state index in [4.69, 9.17) is 4.42 Å². The third kappa shape index (κ3) is 3.71. The van der Waals surface area contributed by atoms with Gasteiger partial charge in [0.05, 0.1) is 11.0 Å². The summed E-state index contributed by atoms with van der Waals surface area (Å²) in [6, 6.07) is 48.3. The normalized spacial score (nSPS) is 13.5. The number of benzene rings is 6. The molecule has 0 saturated heterocycles. The fourth-order valence-corrected chi connectivity index (χ4v) is 8.10. The average molecular weight is 603 g/mol. The summed E-state index contributed by atoms with van der Waals surface area (Å²) in [6.45, 7) is 4.70. The van der Waals surface area contributed by atoms with Crippen LogP contribution in [0.15, 0.2) is 150 Å². The molecule has 9 aromatic rings. The van der Waals surface area contributed by atoms with Crippen molar-refractivity contribution in [2.24, 2.45) is 0 Å². The second kappa shape index (κ2) is 9.54. The van der Waals surface area contributed by atoms with Gasteiger partial charge in [-0.3, -0.25) is 4.98 Å². The highest BCUT2D eigenvalue weighted by atomic mass is 16.3. The highest BCUT2D eigenvalue weighted by molar-refractivity contribution is 6.17. The molecule has 6 aromatic carbocycles. The Bertz CT molecular complexity index is 2690. The number of aromatic nitrogens is 2. The quantitative estimate of drug-likeness (QED) is 0.201. The number of hydrogen-bond acceptors (Lipinski definition) is 2. The number of hydrogen-bond donors (Lipinski definition) is 0. The van der Waals surface area contributed by atoms with Crippen LogP contribution in [0.5, 0.6) is 0 Å². The van der Waals surface area contributed by atoms with Crippen LogP contribution >= 0.6 is 0 Å². The summed E-state index contributed by atoms with van der Waals surface area (Å²) in [5, 5.41) is 4.72. The van der Waals surface area contributed by atoms with E-state index in [9.17, 15) is 0 Å². The summed E-state index contributed by atoms with van der Waals surface area (Å²) in [6.07, 6.45) is 3.75. The molecule has 0 aliphatic heterocycles. The number of furan rings is 1. The molecule has 1 aliphatic rings. The first-order chi connectivity index (χ1) is 23.1. The van der Waals surface area contributed by atoms with E-state index in [1.807, 2.05) is 18.5 Å². The van der Waals surface area contributed by atoms with E-state index in [1.54, 1.807) is 0 Å². The maximum atomic E-state index is 6.71. The zero-order chi connectivity index (χ0) is 31.3. The van der Waals surface area contributed by atoms with Gasteiger partial charge in [-0.1, -0.05) is 92.7 Å². The molecule has 0 atom stereocenters. The molecule has 0 radical (unpaired) electrons. The van der Waals surface area contributed by atoms with Crippen molar-refractivity contribution in [1.82, 2.24) is 9.55 Å². The number of para-hydroxylation sites is 2. The predicted octanol–water partition coefficient (Wildman–Crippen LogP) is 11.7. The Morgan fingerprint density at radius 2 is 1.28 bits per heavy atom. The third-order valence-corrected chi connectivity index (χ3v) is 10.2. The van der Waals surface area contributed by atoms with Crippen LogP contribution in [0.4, 0.5) is 0 Å². The van der Waals surface area contributed by atoms with Crippen LogP contribution in [0.2, 0.25) is 0 Å². The maximum Gasteiger partial charge on any atom is 0.136 e. The molecule has 0 spiro atoms. The zero-order valence-electron chi connectivity index (χ0n) is 26.2. The Morgan fingerprint density at radius 3 is 2.15 bits per heavy atom. The lowest BCUT2D eigenvalue weighted by Crippen LogP contribution is -2.16. The Kier molecular flexibility index (Phi) is 5.34. The Hall–Kier alpha value is -5.93. The molecule has 10 rings (SSSR count). The minimum Gasteiger partial charge on any atom is -0.456 e. The van der Waals surface area contributed by atoms with Crippen LogP contribution in [0.1, 0.15) is 25.0 Å². The summed E-state index contributed by atoms with van der Waals surface area (Å²) >= 11 is 0. The molecule has 3 nitrogen and oxygen atoms in total. The summed E-state index contributed by atoms with van der Waals surface area (Å²) in [5.74, 6) is 0. The van der Waals surface area contributed by atoms with Crippen LogP contribution in [0.25, 0.3) is 82.8 Å². The lowest BCUT2D eigenvalue weighted by Gasteiger charge is -2.24. The zero-order valence-corrected chi connectivity index (χ0v) is 26.2. The van der Waals surface area contributed by atoms with Gasteiger partial charge in [0.15, 0.2) is 0 Å². The molecule has 0 unspecified atom stereocenters. The monoisotopic (exact) mass is 602 g/mol. The van der Waals surface area contributed by atoms with Crippen molar-refractivity contribution in [2.75, 3.05) is 0 Å². The van der Waals surface area contributed by atoms with Gasteiger partial charge in [-0.2, -0.15) is 0 Å². The highest BCUT2D eigenvalue weighted by Gasteiger charge is 2.38. The molecule has 0 amide bonds. The lowest BCUT2D eigenvalue weighted by atomic mass is 9.78. The number of rotatable bonds is 3. The Labute approximate surface area is 272 Å². The predicted molar refractivity (Wildman–Crippen MR) is 194 cm³/mol. The summed E-state index contributed by atoms with van der Waals surface area (Å²) in [7, 11) is 0. The van der Waals surface area contributed by atoms with Crippen LogP contribution in [-0.4, -0.2) is 9.55 Å². The van der Waals surface area contributed by atoms with Crippen molar-refractivity contribution in [1.29, 1.82) is 0 Å². The van der Waals surface area contributed by atoms with E-state index in [2.05, 4.69) is 151 Å². The van der Waals surface area contributed by atoms with Crippen molar-refractivity contribution in [3.63, 3.8) is 0 Å². The molecule has 1 aliphatic carbocycles. The molecule has 0 saturated carbocycles. The fourth-order valence-electron chi connectivity index (χ4n) is 8.10. The summed E-state index contributed by atoms with van der Waals surface area (Å²) in [4.78, 5) is 4.35. The molecular formula is C44H30N2O. The van der Waals surface area contributed by atoms with Crippen LogP contribution in [0, 0.1) is 0 Å². The Balaban J connectivity index is 1.20. The molecule has 0 bridgehead atoms. The minimum atomic E-state index is -0.205. The van der Waals surface area contributed by atoms with E-state index in [1.165, 1.54) is 60.8 Å². The largest absolute Gasteiger partial charge is 0.456 e. The van der Waals surface area contributed by atoms with Crippen molar-refractivity contribution in [2.45, 2.75) is 19.3 Å². The summed E-state index contributed by atoms with van der Waals surface area (Å²) < 4.78 is 9.08. The third-order valence-electron chi connectivity index (χ3n) is 10.2. The van der Waals surface area contributed by atoms with Crippen molar-refractivity contribution in [3.05, 3.63) is 157 Å². The number of nitrogens with zero attached hydrogens (tertiary/aromatic N) is 2. The van der Waals surface area contributed by atoms with E-state index >= 15 is 0 Å². The van der Waals surface area contributed by atoms with E-state index < -0.39 is 0 Å². The van der Waals surface area contributed by atoms with Gasteiger partial charge in [0.25, 0.3) is 0 Å². The average Bonchev–Trinajstić information content (AvgIpc) is 3.72. The second-order valence-electron chi connectivity index (χ2n) is 13.2. The highest BCUT2D eigenvalue weighted by Crippen LogP contribution is 2.54. The molecule has 0 N–H and O–H groups in total. The second-order valence-corrected chi connectivity index (χ2v) is 13.2. The molecule has 3 heteroatoms. The molecule has 222 valence electrons. The minimum absolute atomic E-state index is 0.205. The van der Waals surface area contributed by atoms with E-state index in [0.717, 1.165) is 33.2 Å². The van der Waals surface area contributed by atoms with E-state index in [0.29, 0.717) is 0 Å². The van der Waals surface area contributed by atoms with Gasteiger partial charge in [-0.15, -0.1) is 0 Å². The smallest absolute Gasteiger partial charge is 0.136 e. The van der Waals surface area contributed by atoms with Crippen LogP contribution in [-0.2, 0) is 5.41 Å². The Morgan fingerprint density at radius 1 is 0.532 bits per heavy atom. The van der Waals surface area contributed by atoms with Crippen LogP contribution in [0.3, 0.4) is 0 Å². The van der Waals surface area contributed by atoms with Gasteiger partial charge in [-0.25, -0.2) is 0 Å². The van der Waals surface area contributed by atoms with Crippen LogP contribution < -0.4 is 0 Å². The van der Waals surface area contributed by atoms with Crippen molar-refractivity contribution in [3.8, 4) is 39.1 Å². The van der Waals surface area contributed by atoms with Gasteiger partial charge in [0.2, 0.25) is 0 Å². The molecule has 3 aromatic heterocycles. The van der Waals surface area contributed by atoms with Gasteiger partial charge < -0.3 is 8.98 Å². The molecule has 47 heavy (non-hydrogen) atoms. The van der Waals surface area contributed by atoms with Gasteiger partial charge in [0.1, 0.15) is 11.2 Å². The van der Waals surface area contributed by atoms with Gasteiger partial charge in [0, 0.05) is 50.6 Å². The molecule has 0 fully saturated rings. The number of fused-ring (bicyclic) bond motifs is 9. The lowest BCUT2D eigenvalue weighted by molar-refractivity contribution is 0.648. The first-order valence-electron chi connectivity index (χ1n) is 16.2. The molecule has 3 heterocycles. The van der Waals surface area contributed by atoms with Gasteiger partial charge >= 0.3 is 0 Å². The maximum absolute atomic E-state index is 6.71. The fraction of sp³-hybridized carbons (Fsp3) is 0.0682. The first-order valence-corrected chi connectivity index (χ1v) is 16.2. The summed E-state index contributed by atoms with van der Waals surface area (Å²) in [5.41, 5.74) is 15.2. The SMILES string of the molecule is CC1(C)c2cc3oc4cc5c6ccccc6n(-c6ccccc6)c5cc4c3cc2-c2cccc(-c3cccc(-c4cccnc4)c3)c21. The van der Waals surface area contributed by atoms with Gasteiger partial charge in [-0.05, 0) is 93.5 Å². The van der Waals surface area contributed by atoms with E-state index in [-0.39, 0.29) is 5.41 Å².